The second-order valence-corrected chi connectivity index (χ2v) is 5.51. The van der Waals surface area contributed by atoms with E-state index in [2.05, 4.69) is 10.5 Å². The minimum Gasteiger partial charge on any atom is -0.409 e. The number of hydrogen-bond donors (Lipinski definition) is 3. The molecule has 0 bridgehead atoms. The highest BCUT2D eigenvalue weighted by atomic mass is 35.5. The van der Waals surface area contributed by atoms with Crippen LogP contribution >= 0.6 is 11.6 Å². The standard InChI is InChI=1S/C14H18ClN3O2/c1-8-7-9(5-6-11(8)15)14(19)17-12-4-2-3-10(12)13(16)18-20/h5-7,10,12,20H,2-4H2,1H3,(H2,16,18)(H,17,19). The minimum absolute atomic E-state index is 0.0885. The topological polar surface area (TPSA) is 87.7 Å². The van der Waals surface area contributed by atoms with Crippen LogP contribution in [0.2, 0.25) is 5.02 Å². The Morgan fingerprint density at radius 3 is 2.90 bits per heavy atom. The molecule has 1 aliphatic carbocycles. The molecule has 4 N–H and O–H groups in total. The Hall–Kier alpha value is -1.75. The number of amides is 1. The third-order valence-corrected chi connectivity index (χ3v) is 4.17. The van der Waals surface area contributed by atoms with E-state index in [0.29, 0.717) is 10.6 Å². The van der Waals surface area contributed by atoms with Crippen LogP contribution in [0.15, 0.2) is 23.4 Å². The highest BCUT2D eigenvalue weighted by molar-refractivity contribution is 6.31. The molecule has 5 nitrogen and oxygen atoms in total. The van der Waals surface area contributed by atoms with Crippen LogP contribution in [0.3, 0.4) is 0 Å². The van der Waals surface area contributed by atoms with Crippen molar-refractivity contribution in [3.05, 3.63) is 34.3 Å². The maximum absolute atomic E-state index is 12.2. The van der Waals surface area contributed by atoms with Crippen LogP contribution in [-0.4, -0.2) is 23.0 Å². The summed E-state index contributed by atoms with van der Waals surface area (Å²) in [5, 5.41) is 15.4. The number of hydrogen-bond acceptors (Lipinski definition) is 3. The zero-order valence-electron chi connectivity index (χ0n) is 11.3. The van der Waals surface area contributed by atoms with Gasteiger partial charge in [-0.15, -0.1) is 0 Å². The predicted molar refractivity (Wildman–Crippen MR) is 78.2 cm³/mol. The molecule has 6 heteroatoms. The molecule has 0 heterocycles. The molecule has 1 aliphatic rings. The maximum atomic E-state index is 12.2. The highest BCUT2D eigenvalue weighted by Gasteiger charge is 2.31. The summed E-state index contributed by atoms with van der Waals surface area (Å²) in [6.07, 6.45) is 2.60. The Bertz CT molecular complexity index is 545. The summed E-state index contributed by atoms with van der Waals surface area (Å²) in [5.41, 5.74) is 7.08. The number of halogens is 1. The lowest BCUT2D eigenvalue weighted by molar-refractivity contribution is 0.0933. The lowest BCUT2D eigenvalue weighted by Gasteiger charge is -2.20. The van der Waals surface area contributed by atoms with Crippen molar-refractivity contribution in [2.24, 2.45) is 16.8 Å². The predicted octanol–water partition coefficient (Wildman–Crippen LogP) is 2.29. The van der Waals surface area contributed by atoms with E-state index in [9.17, 15) is 4.79 Å². The van der Waals surface area contributed by atoms with E-state index in [1.807, 2.05) is 6.92 Å². The monoisotopic (exact) mass is 295 g/mol. The lowest BCUT2D eigenvalue weighted by atomic mass is 10.0. The summed E-state index contributed by atoms with van der Waals surface area (Å²) >= 11 is 5.95. The number of benzene rings is 1. The first kappa shape index (κ1) is 14.7. The number of oxime groups is 1. The van der Waals surface area contributed by atoms with E-state index in [1.54, 1.807) is 18.2 Å². The van der Waals surface area contributed by atoms with E-state index in [-0.39, 0.29) is 23.7 Å². The van der Waals surface area contributed by atoms with Crippen LogP contribution in [0.1, 0.15) is 35.2 Å². The molecule has 2 atom stereocenters. The van der Waals surface area contributed by atoms with Crippen molar-refractivity contribution in [3.63, 3.8) is 0 Å². The molecule has 2 unspecified atom stereocenters. The molecule has 108 valence electrons. The molecule has 0 saturated heterocycles. The third-order valence-electron chi connectivity index (χ3n) is 3.75. The van der Waals surface area contributed by atoms with Gasteiger partial charge in [0.1, 0.15) is 5.84 Å². The van der Waals surface area contributed by atoms with E-state index >= 15 is 0 Å². The Morgan fingerprint density at radius 1 is 1.50 bits per heavy atom. The van der Waals surface area contributed by atoms with Gasteiger partial charge in [0.05, 0.1) is 0 Å². The molecule has 0 aromatic heterocycles. The Balaban J connectivity index is 2.09. The van der Waals surface area contributed by atoms with Gasteiger partial charge in [0.2, 0.25) is 0 Å². The molecule has 1 aromatic carbocycles. The zero-order valence-corrected chi connectivity index (χ0v) is 12.0. The summed E-state index contributed by atoms with van der Waals surface area (Å²) in [7, 11) is 0. The SMILES string of the molecule is Cc1cc(C(=O)NC2CCCC2/C(N)=N/O)ccc1Cl. The van der Waals surface area contributed by atoms with Crippen molar-refractivity contribution in [3.8, 4) is 0 Å². The van der Waals surface area contributed by atoms with Crippen LogP contribution in [0.4, 0.5) is 0 Å². The van der Waals surface area contributed by atoms with Crippen molar-refractivity contribution in [1.29, 1.82) is 0 Å². The normalized spacial score (nSPS) is 22.8. The van der Waals surface area contributed by atoms with Crippen molar-refractivity contribution in [1.82, 2.24) is 5.32 Å². The molecule has 1 aromatic rings. The summed E-state index contributed by atoms with van der Waals surface area (Å²) in [5.74, 6) is -0.0789. The van der Waals surface area contributed by atoms with Gasteiger partial charge in [-0.1, -0.05) is 23.2 Å². The molecule has 20 heavy (non-hydrogen) atoms. The molecule has 1 amide bonds. The van der Waals surface area contributed by atoms with Crippen molar-refractivity contribution in [2.75, 3.05) is 0 Å². The number of rotatable bonds is 3. The Morgan fingerprint density at radius 2 is 2.25 bits per heavy atom. The van der Waals surface area contributed by atoms with Crippen LogP contribution in [-0.2, 0) is 0 Å². The van der Waals surface area contributed by atoms with Gasteiger partial charge < -0.3 is 16.3 Å². The quantitative estimate of drug-likeness (QED) is 0.346. The highest BCUT2D eigenvalue weighted by Crippen LogP contribution is 2.26. The lowest BCUT2D eigenvalue weighted by Crippen LogP contribution is -2.42. The average molecular weight is 296 g/mol. The van der Waals surface area contributed by atoms with Gasteiger partial charge in [-0.05, 0) is 43.5 Å². The average Bonchev–Trinajstić information content (AvgIpc) is 2.89. The van der Waals surface area contributed by atoms with Gasteiger partial charge in [-0.3, -0.25) is 4.79 Å². The van der Waals surface area contributed by atoms with Crippen LogP contribution < -0.4 is 11.1 Å². The second kappa shape index (κ2) is 6.13. The van der Waals surface area contributed by atoms with Gasteiger partial charge in [-0.2, -0.15) is 0 Å². The summed E-state index contributed by atoms with van der Waals surface area (Å²) in [6.45, 7) is 1.86. The molecule has 1 saturated carbocycles. The fourth-order valence-electron chi connectivity index (χ4n) is 2.60. The minimum atomic E-state index is -0.160. The number of carbonyl (C=O) groups is 1. The Labute approximate surface area is 122 Å². The first-order valence-electron chi connectivity index (χ1n) is 6.57. The first-order chi connectivity index (χ1) is 9.52. The molecule has 0 radical (unpaired) electrons. The maximum Gasteiger partial charge on any atom is 0.251 e. The van der Waals surface area contributed by atoms with Gasteiger partial charge in [0.15, 0.2) is 0 Å². The van der Waals surface area contributed by atoms with Gasteiger partial charge in [0, 0.05) is 22.5 Å². The third kappa shape index (κ3) is 3.04. The molecule has 0 spiro atoms. The molecule has 0 aliphatic heterocycles. The molecular weight excluding hydrogens is 278 g/mol. The Kier molecular flexibility index (Phi) is 4.49. The fourth-order valence-corrected chi connectivity index (χ4v) is 2.72. The van der Waals surface area contributed by atoms with E-state index in [0.717, 1.165) is 24.8 Å². The summed E-state index contributed by atoms with van der Waals surface area (Å²) < 4.78 is 0. The van der Waals surface area contributed by atoms with Crippen LogP contribution in [0.5, 0.6) is 0 Å². The number of amidine groups is 1. The van der Waals surface area contributed by atoms with Crippen molar-refractivity contribution >= 4 is 23.3 Å². The van der Waals surface area contributed by atoms with E-state index in [1.165, 1.54) is 0 Å². The largest absolute Gasteiger partial charge is 0.409 e. The molecule has 1 fully saturated rings. The van der Waals surface area contributed by atoms with E-state index in [4.69, 9.17) is 22.5 Å². The summed E-state index contributed by atoms with van der Waals surface area (Å²) in [4.78, 5) is 12.2. The van der Waals surface area contributed by atoms with Gasteiger partial charge in [-0.25, -0.2) is 0 Å². The summed E-state index contributed by atoms with van der Waals surface area (Å²) in [6, 6.07) is 5.07. The van der Waals surface area contributed by atoms with E-state index < -0.39 is 0 Å². The van der Waals surface area contributed by atoms with Crippen LogP contribution in [0.25, 0.3) is 0 Å². The fraction of sp³-hybridized carbons (Fsp3) is 0.429. The smallest absolute Gasteiger partial charge is 0.251 e. The number of aryl methyl sites for hydroxylation is 1. The van der Waals surface area contributed by atoms with Gasteiger partial charge in [0.25, 0.3) is 5.91 Å². The zero-order chi connectivity index (χ0) is 14.7. The van der Waals surface area contributed by atoms with Gasteiger partial charge >= 0.3 is 0 Å². The van der Waals surface area contributed by atoms with Crippen molar-refractivity contribution < 1.29 is 10.0 Å². The number of carbonyl (C=O) groups excluding carboxylic acids is 1. The van der Waals surface area contributed by atoms with Crippen molar-refractivity contribution in [2.45, 2.75) is 32.2 Å². The molecular formula is C14H18ClN3O2. The number of nitrogens with two attached hydrogens (primary N) is 1. The molecule has 2 rings (SSSR count). The van der Waals surface area contributed by atoms with Crippen LogP contribution in [0, 0.1) is 12.8 Å². The number of nitrogens with zero attached hydrogens (tertiary/aromatic N) is 1. The second-order valence-electron chi connectivity index (χ2n) is 5.11. The number of nitrogens with one attached hydrogen (secondary N) is 1. The first-order valence-corrected chi connectivity index (χ1v) is 6.95.